The minimum absolute atomic E-state index is 0.306. The van der Waals surface area contributed by atoms with E-state index in [0.717, 1.165) is 17.8 Å². The average molecular weight is 302 g/mol. The number of hydrogen-bond acceptors (Lipinski definition) is 4. The molecule has 0 aromatic carbocycles. The van der Waals surface area contributed by atoms with Crippen LogP contribution in [0.5, 0.6) is 0 Å². The summed E-state index contributed by atoms with van der Waals surface area (Å²) in [7, 11) is -0.313. The second-order valence-electron chi connectivity index (χ2n) is 7.57. The number of nitrogens with zero attached hydrogens (tertiary/aromatic N) is 2. The molecule has 1 unspecified atom stereocenters. The van der Waals surface area contributed by atoms with Crippen LogP contribution in [0.3, 0.4) is 0 Å². The number of pyridine rings is 1. The van der Waals surface area contributed by atoms with Crippen LogP contribution < -0.4 is 10.4 Å². The molecule has 0 N–H and O–H groups in total. The van der Waals surface area contributed by atoms with E-state index in [1.165, 1.54) is 19.3 Å². The van der Waals surface area contributed by atoms with E-state index < -0.39 is 0 Å². The van der Waals surface area contributed by atoms with Crippen molar-refractivity contribution >= 4 is 18.4 Å². The van der Waals surface area contributed by atoms with E-state index in [4.69, 9.17) is 9.31 Å². The maximum Gasteiger partial charge on any atom is 0.495 e. The van der Waals surface area contributed by atoms with Gasteiger partial charge in [-0.15, -0.1) is 0 Å². The number of piperidine rings is 1. The summed E-state index contributed by atoms with van der Waals surface area (Å²) >= 11 is 0. The SMILES string of the molecule is CC1CCCCN1c1cc(B2OC(C)(C)C(C)(C)O2)ccn1. The fraction of sp³-hybridized carbons (Fsp3) is 0.706. The summed E-state index contributed by atoms with van der Waals surface area (Å²) < 4.78 is 12.3. The van der Waals surface area contributed by atoms with Crippen LogP contribution in [0.4, 0.5) is 5.82 Å². The lowest BCUT2D eigenvalue weighted by atomic mass is 9.79. The van der Waals surface area contributed by atoms with Crippen molar-refractivity contribution < 1.29 is 9.31 Å². The molecule has 3 rings (SSSR count). The molecule has 2 aliphatic heterocycles. The van der Waals surface area contributed by atoms with Crippen LogP contribution in [0, 0.1) is 0 Å². The van der Waals surface area contributed by atoms with Gasteiger partial charge in [-0.2, -0.15) is 0 Å². The molecule has 120 valence electrons. The van der Waals surface area contributed by atoms with Crippen molar-refractivity contribution in [3.63, 3.8) is 0 Å². The molecule has 0 bridgehead atoms. The highest BCUT2D eigenvalue weighted by Crippen LogP contribution is 2.36. The molecule has 2 saturated heterocycles. The van der Waals surface area contributed by atoms with Gasteiger partial charge in [0.15, 0.2) is 0 Å². The van der Waals surface area contributed by atoms with Crippen LogP contribution in [-0.2, 0) is 9.31 Å². The van der Waals surface area contributed by atoms with Crippen LogP contribution in [-0.4, -0.2) is 35.9 Å². The lowest BCUT2D eigenvalue weighted by Crippen LogP contribution is -2.41. The Balaban J connectivity index is 1.83. The zero-order valence-corrected chi connectivity index (χ0v) is 14.4. The topological polar surface area (TPSA) is 34.6 Å². The number of anilines is 1. The second kappa shape index (κ2) is 5.53. The molecule has 0 radical (unpaired) electrons. The van der Waals surface area contributed by atoms with Crippen LogP contribution in [0.15, 0.2) is 18.3 Å². The fourth-order valence-corrected chi connectivity index (χ4v) is 3.16. The average Bonchev–Trinajstić information content (AvgIpc) is 2.68. The first-order valence-electron chi connectivity index (χ1n) is 8.38. The molecule has 0 saturated carbocycles. The Hall–Kier alpha value is -1.07. The van der Waals surface area contributed by atoms with Crippen LogP contribution in [0.2, 0.25) is 0 Å². The minimum Gasteiger partial charge on any atom is -0.399 e. The van der Waals surface area contributed by atoms with E-state index >= 15 is 0 Å². The molecule has 2 aliphatic rings. The van der Waals surface area contributed by atoms with Crippen molar-refractivity contribution in [1.82, 2.24) is 4.98 Å². The maximum absolute atomic E-state index is 6.15. The molecule has 3 heterocycles. The summed E-state index contributed by atoms with van der Waals surface area (Å²) in [6.07, 6.45) is 5.67. The van der Waals surface area contributed by atoms with Gasteiger partial charge in [-0.05, 0) is 71.5 Å². The normalized spacial score (nSPS) is 27.2. The zero-order valence-electron chi connectivity index (χ0n) is 14.4. The van der Waals surface area contributed by atoms with Crippen molar-refractivity contribution in [1.29, 1.82) is 0 Å². The van der Waals surface area contributed by atoms with Crippen LogP contribution in [0.1, 0.15) is 53.9 Å². The summed E-state index contributed by atoms with van der Waals surface area (Å²) in [4.78, 5) is 6.97. The minimum atomic E-state index is -0.313. The number of aromatic nitrogens is 1. The molecular weight excluding hydrogens is 275 g/mol. The Bertz CT molecular complexity index is 531. The molecule has 1 aromatic rings. The Morgan fingerprint density at radius 1 is 1.18 bits per heavy atom. The third-order valence-electron chi connectivity index (χ3n) is 5.39. The van der Waals surface area contributed by atoms with Crippen molar-refractivity contribution in [2.24, 2.45) is 0 Å². The molecule has 22 heavy (non-hydrogen) atoms. The smallest absolute Gasteiger partial charge is 0.399 e. The maximum atomic E-state index is 6.15. The quantitative estimate of drug-likeness (QED) is 0.787. The summed E-state index contributed by atoms with van der Waals surface area (Å²) in [5.41, 5.74) is 0.445. The predicted molar refractivity (Wildman–Crippen MR) is 90.6 cm³/mol. The number of hydrogen-bond donors (Lipinski definition) is 0. The Labute approximate surface area is 134 Å². The first-order valence-corrected chi connectivity index (χ1v) is 8.38. The van der Waals surface area contributed by atoms with E-state index in [1.807, 2.05) is 12.3 Å². The monoisotopic (exact) mass is 302 g/mol. The summed E-state index contributed by atoms with van der Waals surface area (Å²) in [6, 6.07) is 4.68. The van der Waals surface area contributed by atoms with Gasteiger partial charge in [-0.25, -0.2) is 4.98 Å². The van der Waals surface area contributed by atoms with Gasteiger partial charge < -0.3 is 14.2 Å². The predicted octanol–water partition coefficient (Wildman–Crippen LogP) is 2.76. The largest absolute Gasteiger partial charge is 0.495 e. The lowest BCUT2D eigenvalue weighted by Gasteiger charge is -2.34. The zero-order chi connectivity index (χ0) is 16.0. The van der Waals surface area contributed by atoms with Crippen molar-refractivity contribution in [2.75, 3.05) is 11.4 Å². The van der Waals surface area contributed by atoms with Gasteiger partial charge in [-0.1, -0.05) is 0 Å². The van der Waals surface area contributed by atoms with E-state index in [-0.39, 0.29) is 18.3 Å². The molecule has 4 nitrogen and oxygen atoms in total. The van der Waals surface area contributed by atoms with Crippen LogP contribution >= 0.6 is 0 Å². The van der Waals surface area contributed by atoms with Crippen molar-refractivity contribution in [3.8, 4) is 0 Å². The van der Waals surface area contributed by atoms with Crippen LogP contribution in [0.25, 0.3) is 0 Å². The van der Waals surface area contributed by atoms with Gasteiger partial charge >= 0.3 is 7.12 Å². The third-order valence-corrected chi connectivity index (χ3v) is 5.39. The fourth-order valence-electron chi connectivity index (χ4n) is 3.16. The summed E-state index contributed by atoms with van der Waals surface area (Å²) in [6.45, 7) is 11.7. The standard InChI is InChI=1S/C17H27BN2O2/c1-13-8-6-7-11-20(13)15-12-14(9-10-19-15)18-21-16(2,3)17(4,5)22-18/h9-10,12-13H,6-8,11H2,1-5H3. The molecule has 1 atom stereocenters. The first kappa shape index (κ1) is 15.8. The molecule has 1 aromatic heterocycles. The lowest BCUT2D eigenvalue weighted by molar-refractivity contribution is 0.00578. The van der Waals surface area contributed by atoms with Crippen molar-refractivity contribution in [2.45, 2.75) is 71.1 Å². The molecule has 2 fully saturated rings. The van der Waals surface area contributed by atoms with E-state index in [9.17, 15) is 0 Å². The highest BCUT2D eigenvalue weighted by molar-refractivity contribution is 6.62. The van der Waals surface area contributed by atoms with E-state index in [2.05, 4.69) is 50.6 Å². The molecule has 0 aliphatic carbocycles. The Morgan fingerprint density at radius 3 is 2.50 bits per heavy atom. The van der Waals surface area contributed by atoms with Gasteiger partial charge in [-0.3, -0.25) is 0 Å². The highest BCUT2D eigenvalue weighted by Gasteiger charge is 2.51. The van der Waals surface area contributed by atoms with Gasteiger partial charge in [0.2, 0.25) is 0 Å². The second-order valence-corrected chi connectivity index (χ2v) is 7.57. The van der Waals surface area contributed by atoms with Gasteiger partial charge in [0.05, 0.1) is 11.2 Å². The summed E-state index contributed by atoms with van der Waals surface area (Å²) in [5.74, 6) is 1.04. The molecule has 0 amide bonds. The highest BCUT2D eigenvalue weighted by atomic mass is 16.7. The number of rotatable bonds is 2. The summed E-state index contributed by atoms with van der Waals surface area (Å²) in [5, 5.41) is 0. The van der Waals surface area contributed by atoms with Crippen molar-refractivity contribution in [3.05, 3.63) is 18.3 Å². The Kier molecular flexibility index (Phi) is 3.98. The van der Waals surface area contributed by atoms with E-state index in [0.29, 0.717) is 6.04 Å². The first-order chi connectivity index (χ1) is 10.3. The van der Waals surface area contributed by atoms with Gasteiger partial charge in [0.1, 0.15) is 5.82 Å². The van der Waals surface area contributed by atoms with E-state index in [1.54, 1.807) is 0 Å². The molecule has 0 spiro atoms. The van der Waals surface area contributed by atoms with Gasteiger partial charge in [0.25, 0.3) is 0 Å². The van der Waals surface area contributed by atoms with Gasteiger partial charge in [0, 0.05) is 18.8 Å². The molecular formula is C17H27BN2O2. The Morgan fingerprint density at radius 2 is 1.86 bits per heavy atom. The molecule has 5 heteroatoms. The third kappa shape index (κ3) is 2.76.